The van der Waals surface area contributed by atoms with Gasteiger partial charge in [-0.1, -0.05) is 44.0 Å². The van der Waals surface area contributed by atoms with Crippen molar-refractivity contribution in [2.45, 2.75) is 46.1 Å². The molecule has 1 aromatic carbocycles. The van der Waals surface area contributed by atoms with Gasteiger partial charge < -0.3 is 9.15 Å². The predicted octanol–water partition coefficient (Wildman–Crippen LogP) is 4.22. The van der Waals surface area contributed by atoms with Crippen molar-refractivity contribution < 1.29 is 9.15 Å². The second-order valence-electron chi connectivity index (χ2n) is 6.21. The van der Waals surface area contributed by atoms with Crippen LogP contribution in [0.2, 0.25) is 10.0 Å². The zero-order chi connectivity index (χ0) is 16.7. The van der Waals surface area contributed by atoms with Crippen molar-refractivity contribution >= 4 is 23.2 Å². The highest BCUT2D eigenvalue weighted by molar-refractivity contribution is 6.38. The lowest BCUT2D eigenvalue weighted by Crippen LogP contribution is -2.15. The van der Waals surface area contributed by atoms with E-state index in [1.807, 2.05) is 34.6 Å². The van der Waals surface area contributed by atoms with E-state index in [1.165, 1.54) is 0 Å². The average molecular weight is 345 g/mol. The number of aromatic nitrogens is 2. The Morgan fingerprint density at radius 3 is 2.41 bits per heavy atom. The van der Waals surface area contributed by atoms with Crippen LogP contribution in [-0.4, -0.2) is 15.9 Å². The lowest BCUT2D eigenvalue weighted by molar-refractivity contribution is 0.242. The summed E-state index contributed by atoms with van der Waals surface area (Å²) in [6, 6.07) is 3.21. The van der Waals surface area contributed by atoms with Gasteiger partial charge in [-0.05, 0) is 26.0 Å². The van der Waals surface area contributed by atoms with Gasteiger partial charge in [0.05, 0.1) is 16.8 Å². The molecule has 0 spiro atoms. The number of hydrogen-bond donors (Lipinski definition) is 0. The lowest BCUT2D eigenvalue weighted by Gasteiger charge is -2.15. The minimum atomic E-state index is -0.607. The third kappa shape index (κ3) is 3.31. The molecule has 0 aliphatic heterocycles. The van der Waals surface area contributed by atoms with Gasteiger partial charge in [0.1, 0.15) is 5.02 Å². The zero-order valence-corrected chi connectivity index (χ0v) is 14.6. The standard InChI is InChI=1S/C15H18Cl2N2O3/c1-8(2)21-12-9(16)6-7-10(11(12)17)19-14(20)22-13(18-19)15(3,4)5/h6-8H,1-5H3. The van der Waals surface area contributed by atoms with Crippen molar-refractivity contribution in [3.05, 3.63) is 38.6 Å². The Bertz CT molecular complexity index is 742. The highest BCUT2D eigenvalue weighted by Gasteiger charge is 2.24. The fourth-order valence-electron chi connectivity index (χ4n) is 1.76. The molecule has 0 amide bonds. The second kappa shape index (κ2) is 5.97. The number of hydrogen-bond acceptors (Lipinski definition) is 4. The Morgan fingerprint density at radius 1 is 1.27 bits per heavy atom. The smallest absolute Gasteiger partial charge is 0.442 e. The first kappa shape index (κ1) is 16.9. The largest absolute Gasteiger partial charge is 0.488 e. The second-order valence-corrected chi connectivity index (χ2v) is 7.00. The van der Waals surface area contributed by atoms with Gasteiger partial charge in [-0.25, -0.2) is 4.79 Å². The molecular weight excluding hydrogens is 327 g/mol. The van der Waals surface area contributed by atoms with E-state index in [0.717, 1.165) is 4.68 Å². The number of benzene rings is 1. The molecule has 0 fully saturated rings. The van der Waals surface area contributed by atoms with Crippen LogP contribution in [0.25, 0.3) is 5.69 Å². The van der Waals surface area contributed by atoms with Gasteiger partial charge in [0.2, 0.25) is 5.89 Å². The first-order valence-corrected chi connectivity index (χ1v) is 7.62. The fraction of sp³-hybridized carbons (Fsp3) is 0.467. The van der Waals surface area contributed by atoms with Crippen molar-refractivity contribution in [3.63, 3.8) is 0 Å². The van der Waals surface area contributed by atoms with E-state index in [-0.39, 0.29) is 16.5 Å². The van der Waals surface area contributed by atoms with Crippen LogP contribution in [0.1, 0.15) is 40.5 Å². The SMILES string of the molecule is CC(C)Oc1c(Cl)ccc(-n2nc(C(C)(C)C)oc2=O)c1Cl. The molecule has 120 valence electrons. The zero-order valence-electron chi connectivity index (χ0n) is 13.1. The molecule has 22 heavy (non-hydrogen) atoms. The molecule has 2 aromatic rings. The van der Waals surface area contributed by atoms with E-state index in [0.29, 0.717) is 22.4 Å². The molecule has 0 unspecified atom stereocenters. The maximum atomic E-state index is 12.1. The van der Waals surface area contributed by atoms with Crippen LogP contribution in [0.15, 0.2) is 21.3 Å². The number of ether oxygens (including phenoxy) is 1. The predicted molar refractivity (Wildman–Crippen MR) is 86.6 cm³/mol. The maximum Gasteiger partial charge on any atom is 0.442 e. The van der Waals surface area contributed by atoms with E-state index in [9.17, 15) is 4.79 Å². The van der Waals surface area contributed by atoms with E-state index < -0.39 is 5.76 Å². The third-order valence-corrected chi connectivity index (χ3v) is 3.46. The summed E-state index contributed by atoms with van der Waals surface area (Å²) in [5.41, 5.74) is -0.0217. The lowest BCUT2D eigenvalue weighted by atomic mass is 9.97. The Morgan fingerprint density at radius 2 is 1.91 bits per heavy atom. The van der Waals surface area contributed by atoms with Crippen molar-refractivity contribution in [2.24, 2.45) is 0 Å². The Balaban J connectivity index is 2.59. The van der Waals surface area contributed by atoms with Gasteiger partial charge >= 0.3 is 5.76 Å². The van der Waals surface area contributed by atoms with Crippen molar-refractivity contribution in [1.29, 1.82) is 0 Å². The van der Waals surface area contributed by atoms with Crippen LogP contribution >= 0.6 is 23.2 Å². The summed E-state index contributed by atoms with van der Waals surface area (Å²) in [4.78, 5) is 12.1. The number of rotatable bonds is 3. The molecular formula is C15H18Cl2N2O3. The molecule has 0 saturated heterocycles. The molecule has 1 aromatic heterocycles. The van der Waals surface area contributed by atoms with Gasteiger partial charge in [-0.15, -0.1) is 5.10 Å². The Kier molecular flexibility index (Phi) is 4.59. The maximum absolute atomic E-state index is 12.1. The molecule has 7 heteroatoms. The molecule has 5 nitrogen and oxygen atoms in total. The van der Waals surface area contributed by atoms with Crippen LogP contribution in [0.4, 0.5) is 0 Å². The molecule has 0 aliphatic rings. The first-order valence-electron chi connectivity index (χ1n) is 6.87. The van der Waals surface area contributed by atoms with Gasteiger partial charge in [0, 0.05) is 5.41 Å². The van der Waals surface area contributed by atoms with Gasteiger partial charge in [0.15, 0.2) is 5.75 Å². The van der Waals surface area contributed by atoms with Gasteiger partial charge in [0.25, 0.3) is 0 Å². The van der Waals surface area contributed by atoms with Gasteiger partial charge in [-0.3, -0.25) is 0 Å². The topological polar surface area (TPSA) is 57.3 Å². The molecule has 0 radical (unpaired) electrons. The average Bonchev–Trinajstić information content (AvgIpc) is 2.76. The highest BCUT2D eigenvalue weighted by atomic mass is 35.5. The quantitative estimate of drug-likeness (QED) is 0.836. The molecule has 2 rings (SSSR count). The van der Waals surface area contributed by atoms with Crippen LogP contribution in [0, 0.1) is 0 Å². The van der Waals surface area contributed by atoms with Crippen LogP contribution < -0.4 is 10.5 Å². The summed E-state index contributed by atoms with van der Waals surface area (Å²) < 4.78 is 11.9. The van der Waals surface area contributed by atoms with Crippen molar-refractivity contribution in [3.8, 4) is 11.4 Å². The molecule has 0 atom stereocenters. The van der Waals surface area contributed by atoms with Gasteiger partial charge in [-0.2, -0.15) is 4.68 Å². The minimum Gasteiger partial charge on any atom is -0.488 e. The summed E-state index contributed by atoms with van der Waals surface area (Å²) >= 11 is 12.4. The summed E-state index contributed by atoms with van der Waals surface area (Å²) in [5.74, 6) is 0.0440. The summed E-state index contributed by atoms with van der Waals surface area (Å²) in [6.07, 6.45) is -0.107. The Hall–Kier alpha value is -1.46. The Labute approximate surface area is 138 Å². The normalized spacial score (nSPS) is 12.0. The molecule has 1 heterocycles. The van der Waals surface area contributed by atoms with Crippen molar-refractivity contribution in [1.82, 2.24) is 9.78 Å². The third-order valence-electron chi connectivity index (χ3n) is 2.80. The van der Waals surface area contributed by atoms with Crippen LogP contribution in [0.5, 0.6) is 5.75 Å². The highest BCUT2D eigenvalue weighted by Crippen LogP contribution is 2.37. The summed E-state index contributed by atoms with van der Waals surface area (Å²) in [6.45, 7) is 9.43. The van der Waals surface area contributed by atoms with Crippen LogP contribution in [-0.2, 0) is 5.41 Å². The number of halogens is 2. The summed E-state index contributed by atoms with van der Waals surface area (Å²) in [5, 5.41) is 4.81. The molecule has 0 bridgehead atoms. The van der Waals surface area contributed by atoms with E-state index >= 15 is 0 Å². The van der Waals surface area contributed by atoms with E-state index in [1.54, 1.807) is 12.1 Å². The molecule has 0 aliphatic carbocycles. The monoisotopic (exact) mass is 344 g/mol. The molecule has 0 N–H and O–H groups in total. The number of nitrogens with zero attached hydrogens (tertiary/aromatic N) is 2. The van der Waals surface area contributed by atoms with Crippen LogP contribution in [0.3, 0.4) is 0 Å². The molecule has 0 saturated carbocycles. The van der Waals surface area contributed by atoms with E-state index in [2.05, 4.69) is 5.10 Å². The first-order chi connectivity index (χ1) is 10.1. The van der Waals surface area contributed by atoms with Crippen molar-refractivity contribution in [2.75, 3.05) is 0 Å². The van der Waals surface area contributed by atoms with E-state index in [4.69, 9.17) is 32.4 Å². The fourth-order valence-corrected chi connectivity index (χ4v) is 2.30. The minimum absolute atomic E-state index is 0.107. The summed E-state index contributed by atoms with van der Waals surface area (Å²) in [7, 11) is 0.